The SMILES string of the molecule is C=C[C@@H]1Cc2ccccc2CN1. The van der Waals surface area contributed by atoms with Crippen molar-refractivity contribution in [2.24, 2.45) is 0 Å². The maximum Gasteiger partial charge on any atom is 0.0291 e. The Kier molecular flexibility index (Phi) is 1.96. The molecular weight excluding hydrogens is 146 g/mol. The summed E-state index contributed by atoms with van der Waals surface area (Å²) in [5.74, 6) is 0. The molecule has 0 amide bonds. The zero-order chi connectivity index (χ0) is 8.39. The van der Waals surface area contributed by atoms with Crippen LogP contribution in [0.1, 0.15) is 11.1 Å². The van der Waals surface area contributed by atoms with Crippen LogP contribution in [0.2, 0.25) is 0 Å². The predicted octanol–water partition coefficient (Wildman–Crippen LogP) is 1.89. The average Bonchev–Trinajstić information content (AvgIpc) is 2.17. The van der Waals surface area contributed by atoms with Gasteiger partial charge in [-0.25, -0.2) is 0 Å². The first kappa shape index (κ1) is 7.56. The highest BCUT2D eigenvalue weighted by atomic mass is 14.9. The topological polar surface area (TPSA) is 12.0 Å². The third-order valence-electron chi connectivity index (χ3n) is 2.40. The number of hydrogen-bond donors (Lipinski definition) is 1. The standard InChI is InChI=1S/C11H13N/c1-2-11-7-9-5-3-4-6-10(9)8-12-11/h2-6,11-12H,1,7-8H2/t11-/m1/s1. The van der Waals surface area contributed by atoms with Crippen LogP contribution in [-0.2, 0) is 13.0 Å². The van der Waals surface area contributed by atoms with Crippen molar-refractivity contribution in [2.75, 3.05) is 0 Å². The van der Waals surface area contributed by atoms with Crippen molar-refractivity contribution in [3.63, 3.8) is 0 Å². The lowest BCUT2D eigenvalue weighted by Gasteiger charge is -2.23. The molecule has 1 heteroatoms. The molecule has 0 fully saturated rings. The molecule has 0 saturated carbocycles. The summed E-state index contributed by atoms with van der Waals surface area (Å²) in [6, 6.07) is 9.03. The molecule has 0 saturated heterocycles. The third-order valence-corrected chi connectivity index (χ3v) is 2.40. The van der Waals surface area contributed by atoms with Gasteiger partial charge in [0.1, 0.15) is 0 Å². The highest BCUT2D eigenvalue weighted by Gasteiger charge is 2.13. The molecule has 1 aliphatic rings. The van der Waals surface area contributed by atoms with Crippen LogP contribution in [0.4, 0.5) is 0 Å². The van der Waals surface area contributed by atoms with Gasteiger partial charge in [-0.15, -0.1) is 6.58 Å². The van der Waals surface area contributed by atoms with Crippen molar-refractivity contribution < 1.29 is 0 Å². The number of benzene rings is 1. The molecule has 0 spiro atoms. The van der Waals surface area contributed by atoms with Crippen LogP contribution in [-0.4, -0.2) is 6.04 Å². The minimum Gasteiger partial charge on any atom is -0.306 e. The third kappa shape index (κ3) is 1.28. The molecule has 1 N–H and O–H groups in total. The Bertz CT molecular complexity index is 291. The van der Waals surface area contributed by atoms with Crippen molar-refractivity contribution in [1.29, 1.82) is 0 Å². The summed E-state index contributed by atoms with van der Waals surface area (Å²) in [7, 11) is 0. The zero-order valence-electron chi connectivity index (χ0n) is 7.09. The Hall–Kier alpha value is -1.08. The molecule has 62 valence electrons. The molecule has 0 radical (unpaired) electrons. The lowest BCUT2D eigenvalue weighted by molar-refractivity contribution is 0.555. The first-order chi connectivity index (χ1) is 5.90. The van der Waals surface area contributed by atoms with Gasteiger partial charge in [0.2, 0.25) is 0 Å². The molecule has 0 aromatic heterocycles. The van der Waals surface area contributed by atoms with E-state index in [0.29, 0.717) is 6.04 Å². The van der Waals surface area contributed by atoms with Gasteiger partial charge in [-0.1, -0.05) is 30.3 Å². The summed E-state index contributed by atoms with van der Waals surface area (Å²) in [6.45, 7) is 4.77. The van der Waals surface area contributed by atoms with Crippen molar-refractivity contribution >= 4 is 0 Å². The van der Waals surface area contributed by atoms with Gasteiger partial charge in [-0.3, -0.25) is 0 Å². The van der Waals surface area contributed by atoms with Crippen LogP contribution in [0, 0.1) is 0 Å². The normalized spacial score (nSPS) is 21.5. The Morgan fingerprint density at radius 3 is 2.83 bits per heavy atom. The number of rotatable bonds is 1. The number of nitrogens with one attached hydrogen (secondary N) is 1. The van der Waals surface area contributed by atoms with Crippen LogP contribution in [0.5, 0.6) is 0 Å². The van der Waals surface area contributed by atoms with Gasteiger partial charge in [0.05, 0.1) is 0 Å². The smallest absolute Gasteiger partial charge is 0.0291 e. The maximum atomic E-state index is 3.79. The molecule has 0 bridgehead atoms. The molecule has 0 unspecified atom stereocenters. The summed E-state index contributed by atoms with van der Waals surface area (Å²) in [5.41, 5.74) is 2.89. The van der Waals surface area contributed by atoms with Crippen LogP contribution in [0.25, 0.3) is 0 Å². The minimum atomic E-state index is 0.458. The van der Waals surface area contributed by atoms with E-state index in [1.165, 1.54) is 11.1 Å². The fourth-order valence-corrected chi connectivity index (χ4v) is 1.65. The lowest BCUT2D eigenvalue weighted by atomic mass is 9.96. The van der Waals surface area contributed by atoms with Gasteiger partial charge < -0.3 is 5.32 Å². The van der Waals surface area contributed by atoms with E-state index in [9.17, 15) is 0 Å². The lowest BCUT2D eigenvalue weighted by Crippen LogP contribution is -2.33. The molecule has 1 aliphatic heterocycles. The molecule has 1 atom stereocenters. The molecule has 1 heterocycles. The Labute approximate surface area is 73.1 Å². The number of fused-ring (bicyclic) bond motifs is 1. The van der Waals surface area contributed by atoms with E-state index in [1.54, 1.807) is 0 Å². The van der Waals surface area contributed by atoms with E-state index in [1.807, 2.05) is 6.08 Å². The molecule has 0 aliphatic carbocycles. The average molecular weight is 159 g/mol. The summed E-state index contributed by atoms with van der Waals surface area (Å²) in [4.78, 5) is 0. The summed E-state index contributed by atoms with van der Waals surface area (Å²) in [6.07, 6.45) is 3.07. The molecule has 12 heavy (non-hydrogen) atoms. The Morgan fingerprint density at radius 2 is 2.08 bits per heavy atom. The zero-order valence-corrected chi connectivity index (χ0v) is 7.09. The molecule has 1 nitrogen and oxygen atoms in total. The first-order valence-corrected chi connectivity index (χ1v) is 4.33. The number of hydrogen-bond acceptors (Lipinski definition) is 1. The second-order valence-corrected chi connectivity index (χ2v) is 3.20. The van der Waals surface area contributed by atoms with Gasteiger partial charge in [0.25, 0.3) is 0 Å². The summed E-state index contributed by atoms with van der Waals surface area (Å²) in [5, 5.41) is 3.41. The van der Waals surface area contributed by atoms with Gasteiger partial charge in [-0.2, -0.15) is 0 Å². The van der Waals surface area contributed by atoms with Gasteiger partial charge >= 0.3 is 0 Å². The van der Waals surface area contributed by atoms with Crippen LogP contribution in [0.3, 0.4) is 0 Å². The monoisotopic (exact) mass is 159 g/mol. The summed E-state index contributed by atoms with van der Waals surface area (Å²) >= 11 is 0. The second kappa shape index (κ2) is 3.11. The van der Waals surface area contributed by atoms with E-state index in [-0.39, 0.29) is 0 Å². The van der Waals surface area contributed by atoms with E-state index in [4.69, 9.17) is 0 Å². The van der Waals surface area contributed by atoms with Crippen molar-refractivity contribution in [3.05, 3.63) is 48.0 Å². The van der Waals surface area contributed by atoms with Crippen LogP contribution < -0.4 is 5.32 Å². The minimum absolute atomic E-state index is 0.458. The van der Waals surface area contributed by atoms with E-state index in [2.05, 4.69) is 36.2 Å². The van der Waals surface area contributed by atoms with Crippen LogP contribution >= 0.6 is 0 Å². The van der Waals surface area contributed by atoms with Gasteiger partial charge in [0.15, 0.2) is 0 Å². The quantitative estimate of drug-likeness (QED) is 0.617. The largest absolute Gasteiger partial charge is 0.306 e. The summed E-state index contributed by atoms with van der Waals surface area (Å²) < 4.78 is 0. The Morgan fingerprint density at radius 1 is 1.33 bits per heavy atom. The van der Waals surface area contributed by atoms with Crippen molar-refractivity contribution in [3.8, 4) is 0 Å². The van der Waals surface area contributed by atoms with Crippen molar-refractivity contribution in [2.45, 2.75) is 19.0 Å². The Balaban J connectivity index is 2.28. The van der Waals surface area contributed by atoms with Crippen LogP contribution in [0.15, 0.2) is 36.9 Å². The molecule has 2 rings (SSSR count). The van der Waals surface area contributed by atoms with E-state index >= 15 is 0 Å². The highest BCUT2D eigenvalue weighted by Crippen LogP contribution is 2.16. The van der Waals surface area contributed by atoms with E-state index in [0.717, 1.165) is 13.0 Å². The fourth-order valence-electron chi connectivity index (χ4n) is 1.65. The fraction of sp³-hybridized carbons (Fsp3) is 0.273. The molecular formula is C11H13N. The van der Waals surface area contributed by atoms with E-state index < -0.39 is 0 Å². The molecule has 1 aromatic rings. The van der Waals surface area contributed by atoms with Gasteiger partial charge in [0, 0.05) is 12.6 Å². The van der Waals surface area contributed by atoms with Crippen molar-refractivity contribution in [1.82, 2.24) is 5.32 Å². The first-order valence-electron chi connectivity index (χ1n) is 4.33. The second-order valence-electron chi connectivity index (χ2n) is 3.20. The molecule has 1 aromatic carbocycles. The highest BCUT2D eigenvalue weighted by molar-refractivity contribution is 5.30. The maximum absolute atomic E-state index is 3.79. The predicted molar refractivity (Wildman–Crippen MR) is 51.0 cm³/mol. The van der Waals surface area contributed by atoms with Gasteiger partial charge in [-0.05, 0) is 17.5 Å².